The van der Waals surface area contributed by atoms with Crippen LogP contribution < -0.4 is 16.8 Å². The smallest absolute Gasteiger partial charge is 0.272 e. The summed E-state index contributed by atoms with van der Waals surface area (Å²) < 4.78 is 1.64. The molecule has 0 atom stereocenters. The molecule has 1 aromatic carbocycles. The third kappa shape index (κ3) is 2.74. The molecular formula is C13H14N4O2. The highest BCUT2D eigenvalue weighted by Crippen LogP contribution is 2.13. The lowest BCUT2D eigenvalue weighted by molar-refractivity contribution is 0.0997. The molecule has 1 aromatic heterocycles. The van der Waals surface area contributed by atoms with E-state index in [1.165, 1.54) is 0 Å². The van der Waals surface area contributed by atoms with Crippen LogP contribution in [0.15, 0.2) is 36.5 Å². The Morgan fingerprint density at radius 3 is 2.32 bits per heavy atom. The Bertz CT molecular complexity index is 629. The highest BCUT2D eigenvalue weighted by Gasteiger charge is 2.11. The third-order valence-corrected chi connectivity index (χ3v) is 2.69. The zero-order valence-electron chi connectivity index (χ0n) is 10.4. The number of carbonyl (C=O) groups is 2. The van der Waals surface area contributed by atoms with Crippen molar-refractivity contribution in [3.8, 4) is 0 Å². The fourth-order valence-corrected chi connectivity index (χ4v) is 1.73. The molecule has 0 aliphatic heterocycles. The molecule has 0 saturated carbocycles. The van der Waals surface area contributed by atoms with Gasteiger partial charge in [-0.1, -0.05) is 0 Å². The Morgan fingerprint density at radius 2 is 1.84 bits per heavy atom. The summed E-state index contributed by atoms with van der Waals surface area (Å²) in [5.41, 5.74) is 12.7. The Balaban J connectivity index is 2.15. The van der Waals surface area contributed by atoms with Gasteiger partial charge in [-0.25, -0.2) is 0 Å². The van der Waals surface area contributed by atoms with Crippen LogP contribution in [0.5, 0.6) is 0 Å². The van der Waals surface area contributed by atoms with Gasteiger partial charge in [0, 0.05) is 24.5 Å². The molecule has 19 heavy (non-hydrogen) atoms. The molecule has 0 saturated heterocycles. The van der Waals surface area contributed by atoms with Crippen LogP contribution >= 0.6 is 0 Å². The van der Waals surface area contributed by atoms with Gasteiger partial charge in [-0.3, -0.25) is 9.59 Å². The van der Waals surface area contributed by atoms with Crippen LogP contribution in [0, 0.1) is 0 Å². The molecule has 98 valence electrons. The van der Waals surface area contributed by atoms with E-state index in [2.05, 4.69) is 5.32 Å². The topological polar surface area (TPSA) is 103 Å². The Morgan fingerprint density at radius 1 is 1.21 bits per heavy atom. The van der Waals surface area contributed by atoms with E-state index < -0.39 is 5.91 Å². The van der Waals surface area contributed by atoms with Crippen LogP contribution in [0.2, 0.25) is 0 Å². The zero-order chi connectivity index (χ0) is 14.0. The maximum atomic E-state index is 12.0. The van der Waals surface area contributed by atoms with E-state index >= 15 is 0 Å². The third-order valence-electron chi connectivity index (χ3n) is 2.69. The van der Waals surface area contributed by atoms with Gasteiger partial charge in [-0.2, -0.15) is 0 Å². The number of nitrogens with zero attached hydrogens (tertiary/aromatic N) is 1. The molecule has 0 radical (unpaired) electrons. The molecule has 2 amide bonds. The second-order valence-corrected chi connectivity index (χ2v) is 4.17. The van der Waals surface area contributed by atoms with Gasteiger partial charge in [0.1, 0.15) is 5.69 Å². The fraction of sp³-hybridized carbons (Fsp3) is 0.0769. The van der Waals surface area contributed by atoms with Gasteiger partial charge in [0.15, 0.2) is 0 Å². The minimum atomic E-state index is -0.506. The summed E-state index contributed by atoms with van der Waals surface area (Å²) in [6, 6.07) is 7.93. The number of aromatic nitrogens is 1. The van der Waals surface area contributed by atoms with Gasteiger partial charge in [0.2, 0.25) is 5.91 Å². The first-order valence-electron chi connectivity index (χ1n) is 5.60. The second-order valence-electron chi connectivity index (χ2n) is 4.17. The number of benzene rings is 1. The van der Waals surface area contributed by atoms with Crippen molar-refractivity contribution in [2.75, 3.05) is 11.1 Å². The minimum absolute atomic E-state index is 0.272. The normalized spacial score (nSPS) is 10.2. The Hall–Kier alpha value is -2.76. The number of amides is 2. The molecule has 0 unspecified atom stereocenters. The number of nitrogens with two attached hydrogens (primary N) is 2. The summed E-state index contributed by atoms with van der Waals surface area (Å²) in [6.45, 7) is 0. The van der Waals surface area contributed by atoms with Crippen molar-refractivity contribution in [3.05, 3.63) is 47.8 Å². The molecule has 5 N–H and O–H groups in total. The van der Waals surface area contributed by atoms with Gasteiger partial charge in [0.25, 0.3) is 5.91 Å². The number of anilines is 2. The Labute approximate surface area is 110 Å². The highest BCUT2D eigenvalue weighted by atomic mass is 16.2. The summed E-state index contributed by atoms with van der Waals surface area (Å²) in [6.07, 6.45) is 1.66. The lowest BCUT2D eigenvalue weighted by Crippen LogP contribution is -2.15. The van der Waals surface area contributed by atoms with Gasteiger partial charge in [-0.15, -0.1) is 0 Å². The molecule has 1 heterocycles. The van der Waals surface area contributed by atoms with Crippen LogP contribution in [0.4, 0.5) is 11.4 Å². The first-order chi connectivity index (χ1) is 8.97. The van der Waals surface area contributed by atoms with Crippen molar-refractivity contribution >= 4 is 23.2 Å². The molecule has 6 heteroatoms. The zero-order valence-corrected chi connectivity index (χ0v) is 10.4. The molecule has 0 aliphatic carbocycles. The van der Waals surface area contributed by atoms with E-state index in [1.54, 1.807) is 48.1 Å². The molecule has 2 aromatic rings. The van der Waals surface area contributed by atoms with Crippen molar-refractivity contribution < 1.29 is 9.59 Å². The van der Waals surface area contributed by atoms with E-state index in [1.807, 2.05) is 0 Å². The number of aryl methyl sites for hydroxylation is 1. The first kappa shape index (κ1) is 12.7. The SMILES string of the molecule is Cn1cc(N)cc1C(=O)Nc1ccc(C(N)=O)cc1. The molecule has 0 bridgehead atoms. The average Bonchev–Trinajstić information content (AvgIpc) is 2.69. The fourth-order valence-electron chi connectivity index (χ4n) is 1.73. The number of nitrogens with one attached hydrogen (secondary N) is 1. The molecule has 0 spiro atoms. The van der Waals surface area contributed by atoms with Crippen LogP contribution in [0.3, 0.4) is 0 Å². The summed E-state index contributed by atoms with van der Waals surface area (Å²) in [5.74, 6) is -0.779. The van der Waals surface area contributed by atoms with E-state index in [4.69, 9.17) is 11.5 Å². The average molecular weight is 258 g/mol. The predicted octanol–water partition coefficient (Wildman–Crippen LogP) is 0.958. The standard InChI is InChI=1S/C13H14N4O2/c1-17-7-9(14)6-11(17)13(19)16-10-4-2-8(3-5-10)12(15)18/h2-7H,14H2,1H3,(H2,15,18)(H,16,19). The molecule has 6 nitrogen and oxygen atoms in total. The van der Waals surface area contributed by atoms with Crippen LogP contribution in [-0.2, 0) is 7.05 Å². The maximum absolute atomic E-state index is 12.0. The number of hydrogen-bond donors (Lipinski definition) is 3. The lowest BCUT2D eigenvalue weighted by Gasteiger charge is -2.06. The molecule has 0 fully saturated rings. The number of rotatable bonds is 3. The summed E-state index contributed by atoms with van der Waals surface area (Å²) in [4.78, 5) is 22.9. The summed E-state index contributed by atoms with van der Waals surface area (Å²) in [5, 5.41) is 2.71. The van der Waals surface area contributed by atoms with Gasteiger partial charge in [0.05, 0.1) is 5.69 Å². The van der Waals surface area contributed by atoms with E-state index in [9.17, 15) is 9.59 Å². The second kappa shape index (κ2) is 4.85. The van der Waals surface area contributed by atoms with Crippen molar-refractivity contribution in [1.82, 2.24) is 4.57 Å². The van der Waals surface area contributed by atoms with E-state index in [0.29, 0.717) is 22.6 Å². The van der Waals surface area contributed by atoms with Gasteiger partial charge >= 0.3 is 0 Å². The molecule has 0 aliphatic rings. The molecular weight excluding hydrogens is 244 g/mol. The minimum Gasteiger partial charge on any atom is -0.397 e. The van der Waals surface area contributed by atoms with Gasteiger partial charge in [-0.05, 0) is 30.3 Å². The quantitative estimate of drug-likeness (QED) is 0.763. The monoisotopic (exact) mass is 258 g/mol. The highest BCUT2D eigenvalue weighted by molar-refractivity contribution is 6.04. The van der Waals surface area contributed by atoms with Crippen LogP contribution in [0.25, 0.3) is 0 Å². The first-order valence-corrected chi connectivity index (χ1v) is 5.60. The number of nitrogen functional groups attached to an aromatic ring is 1. The van der Waals surface area contributed by atoms with Crippen LogP contribution in [0.1, 0.15) is 20.8 Å². The predicted molar refractivity (Wildman–Crippen MR) is 72.7 cm³/mol. The lowest BCUT2D eigenvalue weighted by atomic mass is 10.2. The molecule has 2 rings (SSSR count). The van der Waals surface area contributed by atoms with E-state index in [0.717, 1.165) is 0 Å². The van der Waals surface area contributed by atoms with Gasteiger partial charge < -0.3 is 21.4 Å². The largest absolute Gasteiger partial charge is 0.397 e. The van der Waals surface area contributed by atoms with Crippen LogP contribution in [-0.4, -0.2) is 16.4 Å². The van der Waals surface area contributed by atoms with E-state index in [-0.39, 0.29) is 5.91 Å². The maximum Gasteiger partial charge on any atom is 0.272 e. The van der Waals surface area contributed by atoms with Crippen molar-refractivity contribution in [2.45, 2.75) is 0 Å². The summed E-state index contributed by atoms with van der Waals surface area (Å²) >= 11 is 0. The Kier molecular flexibility index (Phi) is 3.24. The van der Waals surface area contributed by atoms with Crippen molar-refractivity contribution in [1.29, 1.82) is 0 Å². The van der Waals surface area contributed by atoms with Crippen molar-refractivity contribution in [3.63, 3.8) is 0 Å². The van der Waals surface area contributed by atoms with Crippen molar-refractivity contribution in [2.24, 2.45) is 12.8 Å². The number of primary amides is 1. The number of hydrogen-bond acceptors (Lipinski definition) is 3. The number of carbonyl (C=O) groups excluding carboxylic acids is 2. The summed E-state index contributed by atoms with van der Waals surface area (Å²) in [7, 11) is 1.74.